The smallest absolute Gasteiger partial charge is 0.307 e. The number of aliphatic carboxylic acids is 1. The van der Waals surface area contributed by atoms with Gasteiger partial charge in [-0.05, 0) is 91.7 Å². The molecule has 0 saturated carbocycles. The van der Waals surface area contributed by atoms with Crippen molar-refractivity contribution in [3.63, 3.8) is 0 Å². The average Bonchev–Trinajstić information content (AvgIpc) is 3.26. The molecule has 2 aromatic rings. The molecule has 1 aliphatic heterocycles. The van der Waals surface area contributed by atoms with E-state index in [0.29, 0.717) is 0 Å². The number of carboxylic acids is 1. The molecule has 1 unspecified atom stereocenters. The zero-order chi connectivity index (χ0) is 15.0. The molecule has 0 bridgehead atoms. The van der Waals surface area contributed by atoms with Crippen molar-refractivity contribution in [1.82, 2.24) is 0 Å². The van der Waals surface area contributed by atoms with Gasteiger partial charge in [0.1, 0.15) is 6.10 Å². The van der Waals surface area contributed by atoms with Gasteiger partial charge in [-0.25, -0.2) is 0 Å². The molecule has 2 aromatic carbocycles. The van der Waals surface area contributed by atoms with Gasteiger partial charge in [0, 0.05) is 7.14 Å². The molecule has 0 aliphatic carbocycles. The van der Waals surface area contributed by atoms with Crippen LogP contribution in [0.5, 0.6) is 0 Å². The van der Waals surface area contributed by atoms with E-state index in [0.717, 1.165) is 30.4 Å². The fourth-order valence-electron chi connectivity index (χ4n) is 2.25. The number of ether oxygens (including phenoxy) is 1. The number of hydrogen-bond donors (Lipinski definition) is 1. The van der Waals surface area contributed by atoms with Gasteiger partial charge >= 0.3 is 5.97 Å². The molecule has 1 saturated heterocycles. The van der Waals surface area contributed by atoms with Crippen molar-refractivity contribution in [2.75, 3.05) is 6.61 Å². The largest absolute Gasteiger partial charge is 0.481 e. The lowest BCUT2D eigenvalue weighted by Gasteiger charge is -2.11. The van der Waals surface area contributed by atoms with Gasteiger partial charge in [-0.3, -0.25) is 4.79 Å². The lowest BCUT2D eigenvalue weighted by molar-refractivity contribution is -0.136. The van der Waals surface area contributed by atoms with E-state index in [1.165, 1.54) is 5.56 Å². The second-order valence-electron chi connectivity index (χ2n) is 4.95. The summed E-state index contributed by atoms with van der Waals surface area (Å²) in [5.74, 6) is -0.808. The highest BCUT2D eigenvalue weighted by atomic mass is 127. The number of rotatable bonds is 4. The van der Waals surface area contributed by atoms with Crippen molar-refractivity contribution in [2.24, 2.45) is 0 Å². The van der Waals surface area contributed by atoms with Gasteiger partial charge in [0.05, 0.1) is 13.0 Å². The van der Waals surface area contributed by atoms with E-state index < -0.39 is 5.97 Å². The predicted octanol–water partition coefficient (Wildman–Crippen LogP) is 4.26. The summed E-state index contributed by atoms with van der Waals surface area (Å²) in [7, 11) is 0. The van der Waals surface area contributed by atoms with Gasteiger partial charge in [-0.1, -0.05) is 12.1 Å². The molecule has 0 spiro atoms. The van der Waals surface area contributed by atoms with E-state index in [2.05, 4.69) is 63.4 Å². The fraction of sp³-hybridized carbons (Fsp3) is 0.188. The highest BCUT2D eigenvalue weighted by Crippen LogP contribution is 2.36. The second-order valence-corrected chi connectivity index (χ2v) is 7.27. The first-order valence-electron chi connectivity index (χ1n) is 6.46. The molecule has 0 radical (unpaired) electrons. The minimum Gasteiger partial charge on any atom is -0.481 e. The molecular formula is C16H12I2O3. The van der Waals surface area contributed by atoms with Crippen LogP contribution in [0.4, 0.5) is 0 Å². The Balaban J connectivity index is 2.06. The maximum Gasteiger partial charge on any atom is 0.307 e. The molecule has 1 aliphatic rings. The highest BCUT2D eigenvalue weighted by Gasteiger charge is 2.25. The van der Waals surface area contributed by atoms with Gasteiger partial charge in [0.15, 0.2) is 0 Å². The summed E-state index contributed by atoms with van der Waals surface area (Å²) in [5.41, 5.74) is 4.23. The minimum absolute atomic E-state index is 0.0475. The topological polar surface area (TPSA) is 49.8 Å². The quantitative estimate of drug-likeness (QED) is 0.499. The molecule has 21 heavy (non-hydrogen) atoms. The monoisotopic (exact) mass is 506 g/mol. The van der Waals surface area contributed by atoms with Crippen molar-refractivity contribution >= 4 is 51.2 Å². The Labute approximate surface area is 150 Å². The Kier molecular flexibility index (Phi) is 4.51. The Bertz CT molecular complexity index is 709. The average molecular weight is 506 g/mol. The van der Waals surface area contributed by atoms with Crippen LogP contribution >= 0.6 is 45.2 Å². The molecule has 1 fully saturated rings. The zero-order valence-electron chi connectivity index (χ0n) is 11.0. The molecule has 3 nitrogen and oxygen atoms in total. The number of hydrogen-bond acceptors (Lipinski definition) is 2. The third-order valence-electron chi connectivity index (χ3n) is 3.37. The zero-order valence-corrected chi connectivity index (χ0v) is 15.3. The Morgan fingerprint density at radius 1 is 1.14 bits per heavy atom. The lowest BCUT2D eigenvalue weighted by atomic mass is 9.99. The maximum atomic E-state index is 10.9. The third-order valence-corrected chi connectivity index (χ3v) is 5.25. The minimum atomic E-state index is -0.808. The van der Waals surface area contributed by atoms with Crippen LogP contribution in [0.2, 0.25) is 0 Å². The van der Waals surface area contributed by atoms with E-state index in [1.54, 1.807) is 0 Å². The summed E-state index contributed by atoms with van der Waals surface area (Å²) in [6.07, 6.45) is 0.270. The fourth-order valence-corrected chi connectivity index (χ4v) is 3.51. The van der Waals surface area contributed by atoms with E-state index in [4.69, 9.17) is 9.84 Å². The first-order chi connectivity index (χ1) is 10.0. The molecule has 108 valence electrons. The molecule has 0 aromatic heterocycles. The van der Waals surface area contributed by atoms with Crippen LogP contribution in [-0.4, -0.2) is 17.7 Å². The van der Waals surface area contributed by atoms with Crippen LogP contribution in [0.25, 0.3) is 11.1 Å². The van der Waals surface area contributed by atoms with Gasteiger partial charge < -0.3 is 9.84 Å². The summed E-state index contributed by atoms with van der Waals surface area (Å²) in [4.78, 5) is 10.9. The van der Waals surface area contributed by atoms with Crippen molar-refractivity contribution in [3.8, 4) is 11.1 Å². The molecule has 3 rings (SSSR count). The molecule has 5 heteroatoms. The van der Waals surface area contributed by atoms with Crippen LogP contribution < -0.4 is 0 Å². The number of epoxide rings is 1. The summed E-state index contributed by atoms with van der Waals surface area (Å²) in [6, 6.07) is 12.2. The second kappa shape index (κ2) is 6.21. The molecule has 1 N–H and O–H groups in total. The molecular weight excluding hydrogens is 494 g/mol. The SMILES string of the molecule is O=C(O)Cc1ccc(I)c(-c2cc(C3CO3)ccc2I)c1. The summed E-state index contributed by atoms with van der Waals surface area (Å²) in [5, 5.41) is 8.96. The van der Waals surface area contributed by atoms with Crippen molar-refractivity contribution in [1.29, 1.82) is 0 Å². The Morgan fingerprint density at radius 2 is 1.76 bits per heavy atom. The normalized spacial score (nSPS) is 16.8. The first-order valence-corrected chi connectivity index (χ1v) is 8.62. The summed E-state index contributed by atoms with van der Waals surface area (Å²) in [6.45, 7) is 0.788. The predicted molar refractivity (Wildman–Crippen MR) is 97.3 cm³/mol. The number of halogens is 2. The Morgan fingerprint density at radius 3 is 2.38 bits per heavy atom. The van der Waals surface area contributed by atoms with Crippen LogP contribution in [0.15, 0.2) is 36.4 Å². The van der Waals surface area contributed by atoms with Crippen LogP contribution in [-0.2, 0) is 16.0 Å². The van der Waals surface area contributed by atoms with Gasteiger partial charge in [0.25, 0.3) is 0 Å². The number of carbonyl (C=O) groups is 1. The van der Waals surface area contributed by atoms with Crippen LogP contribution in [0, 0.1) is 7.14 Å². The number of carboxylic acid groups (broad SMARTS) is 1. The van der Waals surface area contributed by atoms with E-state index in [9.17, 15) is 4.79 Å². The van der Waals surface area contributed by atoms with Gasteiger partial charge in [0.2, 0.25) is 0 Å². The van der Waals surface area contributed by atoms with Crippen molar-refractivity contribution < 1.29 is 14.6 Å². The highest BCUT2D eigenvalue weighted by molar-refractivity contribution is 14.1. The number of benzene rings is 2. The van der Waals surface area contributed by atoms with Crippen LogP contribution in [0.3, 0.4) is 0 Å². The third kappa shape index (κ3) is 3.57. The molecule has 0 amide bonds. The molecule has 1 heterocycles. The summed E-state index contributed by atoms with van der Waals surface area (Å²) < 4.78 is 7.62. The maximum absolute atomic E-state index is 10.9. The summed E-state index contributed by atoms with van der Waals surface area (Å²) >= 11 is 4.61. The Hall–Kier alpha value is -0.670. The van der Waals surface area contributed by atoms with Crippen molar-refractivity contribution in [3.05, 3.63) is 54.7 Å². The first kappa shape index (κ1) is 15.2. The van der Waals surface area contributed by atoms with Gasteiger partial charge in [-0.15, -0.1) is 0 Å². The van der Waals surface area contributed by atoms with E-state index in [-0.39, 0.29) is 12.5 Å². The standard InChI is InChI=1S/C16H12I2O3/c17-13-3-1-9(6-16(19)20)5-11(13)12-7-10(15-8-21-15)2-4-14(12)18/h1-5,7,15H,6,8H2,(H,19,20). The van der Waals surface area contributed by atoms with E-state index >= 15 is 0 Å². The van der Waals surface area contributed by atoms with Gasteiger partial charge in [-0.2, -0.15) is 0 Å². The van der Waals surface area contributed by atoms with E-state index in [1.807, 2.05) is 18.2 Å². The lowest BCUT2D eigenvalue weighted by Crippen LogP contribution is -2.01. The van der Waals surface area contributed by atoms with Crippen molar-refractivity contribution in [2.45, 2.75) is 12.5 Å². The molecule has 1 atom stereocenters. The van der Waals surface area contributed by atoms with Crippen LogP contribution in [0.1, 0.15) is 17.2 Å².